The maximum absolute atomic E-state index is 12.8. The molecule has 0 aromatic heterocycles. The lowest BCUT2D eigenvalue weighted by molar-refractivity contribution is -0.233. The van der Waals surface area contributed by atoms with Crippen LogP contribution in [0.3, 0.4) is 0 Å². The van der Waals surface area contributed by atoms with Crippen molar-refractivity contribution in [2.45, 2.75) is 96.6 Å². The van der Waals surface area contributed by atoms with Crippen LogP contribution in [0.1, 0.15) is 54.4 Å². The normalized spacial score (nSPS) is 38.0. The molecule has 1 heterocycles. The Morgan fingerprint density at radius 3 is 2.48 bits per heavy atom. The van der Waals surface area contributed by atoms with Crippen molar-refractivity contribution in [1.82, 2.24) is 0 Å². The minimum Gasteiger partial charge on any atom is -0.746 e. The molecule has 0 aromatic rings. The first-order valence-corrected chi connectivity index (χ1v) is 12.5. The number of hydrogen-bond acceptors (Lipinski definition) is 9. The summed E-state index contributed by atoms with van der Waals surface area (Å²) in [6.07, 6.45) is -1.61. The van der Waals surface area contributed by atoms with E-state index in [0.717, 1.165) is 0 Å². The van der Waals surface area contributed by atoms with Gasteiger partial charge in [0, 0.05) is 13.0 Å². The SMILES string of the molecule is C=C(OP(=O)([O-])OC1C[C@H](C)O[C@]1(CN)COC(C)C)[C@@H]1C(OC(C)C)C[C@H](C)C1O. The fourth-order valence-electron chi connectivity index (χ4n) is 4.35. The molecule has 2 rings (SSSR count). The van der Waals surface area contributed by atoms with Gasteiger partial charge in [0.2, 0.25) is 0 Å². The van der Waals surface area contributed by atoms with Gasteiger partial charge in [-0.25, -0.2) is 0 Å². The van der Waals surface area contributed by atoms with E-state index in [1.807, 2.05) is 41.5 Å². The molecule has 0 bridgehead atoms. The van der Waals surface area contributed by atoms with Gasteiger partial charge in [-0.15, -0.1) is 0 Å². The quantitative estimate of drug-likeness (QED) is 0.348. The van der Waals surface area contributed by atoms with Crippen LogP contribution in [0, 0.1) is 11.8 Å². The Kier molecular flexibility index (Phi) is 9.15. The number of aliphatic hydroxyl groups is 1. The summed E-state index contributed by atoms with van der Waals surface area (Å²) in [5.41, 5.74) is 4.84. The molecule has 2 fully saturated rings. The highest BCUT2D eigenvalue weighted by molar-refractivity contribution is 7.46. The van der Waals surface area contributed by atoms with Gasteiger partial charge in [-0.2, -0.15) is 0 Å². The topological polar surface area (TPSA) is 133 Å². The molecule has 1 aliphatic heterocycles. The van der Waals surface area contributed by atoms with Gasteiger partial charge in [0.25, 0.3) is 0 Å². The third-order valence-corrected chi connectivity index (χ3v) is 6.81. The van der Waals surface area contributed by atoms with Crippen LogP contribution in [-0.2, 0) is 27.8 Å². The van der Waals surface area contributed by atoms with E-state index in [9.17, 15) is 14.6 Å². The van der Waals surface area contributed by atoms with Crippen molar-refractivity contribution in [2.24, 2.45) is 17.6 Å². The van der Waals surface area contributed by atoms with Gasteiger partial charge in [-0.3, -0.25) is 4.57 Å². The molecule has 9 nitrogen and oxygen atoms in total. The van der Waals surface area contributed by atoms with E-state index in [4.69, 9.17) is 29.0 Å². The van der Waals surface area contributed by atoms with Crippen molar-refractivity contribution in [3.05, 3.63) is 12.3 Å². The first-order chi connectivity index (χ1) is 14.3. The average molecular weight is 465 g/mol. The summed E-state index contributed by atoms with van der Waals surface area (Å²) < 4.78 is 40.9. The second-order valence-electron chi connectivity index (χ2n) is 9.34. The summed E-state index contributed by atoms with van der Waals surface area (Å²) in [4.78, 5) is 12.8. The van der Waals surface area contributed by atoms with E-state index in [1.165, 1.54) is 0 Å². The molecule has 3 N–H and O–H groups in total. The van der Waals surface area contributed by atoms with Gasteiger partial charge in [0.05, 0.1) is 43.0 Å². The molecule has 0 radical (unpaired) electrons. The third kappa shape index (κ3) is 6.74. The van der Waals surface area contributed by atoms with Crippen LogP contribution in [-0.4, -0.2) is 60.5 Å². The van der Waals surface area contributed by atoms with E-state index in [2.05, 4.69) is 6.58 Å². The fourth-order valence-corrected chi connectivity index (χ4v) is 5.39. The average Bonchev–Trinajstić information content (AvgIpc) is 3.07. The lowest BCUT2D eigenvalue weighted by Crippen LogP contribution is -2.52. The monoisotopic (exact) mass is 464 g/mol. The zero-order chi connectivity index (χ0) is 23.6. The molecule has 0 amide bonds. The van der Waals surface area contributed by atoms with Crippen LogP contribution < -0.4 is 10.6 Å². The van der Waals surface area contributed by atoms with E-state index < -0.39 is 37.7 Å². The van der Waals surface area contributed by atoms with Crippen molar-refractivity contribution >= 4 is 7.82 Å². The molecule has 8 atom stereocenters. The van der Waals surface area contributed by atoms with Crippen LogP contribution in [0.4, 0.5) is 0 Å². The number of ether oxygens (including phenoxy) is 3. The number of hydrogen-bond donors (Lipinski definition) is 2. The van der Waals surface area contributed by atoms with Gasteiger partial charge in [-0.05, 0) is 47.0 Å². The lowest BCUT2D eigenvalue weighted by Gasteiger charge is -2.37. The Morgan fingerprint density at radius 2 is 1.94 bits per heavy atom. The zero-order valence-corrected chi connectivity index (χ0v) is 20.4. The molecule has 182 valence electrons. The van der Waals surface area contributed by atoms with Crippen LogP contribution in [0.2, 0.25) is 0 Å². The highest BCUT2D eigenvalue weighted by Gasteiger charge is 2.50. The van der Waals surface area contributed by atoms with Crippen LogP contribution >= 0.6 is 7.82 Å². The fraction of sp³-hybridized carbons (Fsp3) is 0.905. The Labute approximate surface area is 185 Å². The van der Waals surface area contributed by atoms with Crippen molar-refractivity contribution in [3.63, 3.8) is 0 Å². The van der Waals surface area contributed by atoms with Crippen LogP contribution in [0.25, 0.3) is 0 Å². The number of phosphoric acid groups is 1. The molecular weight excluding hydrogens is 425 g/mol. The molecule has 0 spiro atoms. The standard InChI is InChI=1S/C21H40NO8P/c1-12(2)26-11-21(10-22)18(9-15(6)28-21)30-31(24,25)29-16(7)19-17(27-13(3)4)8-14(5)20(19)23/h12-15,17-20,23H,7-11,22H2,1-6H3,(H,24,25)/p-1/t14-,15-,17?,18?,19+,20?,21+/m0/s1. The molecule has 1 saturated heterocycles. The van der Waals surface area contributed by atoms with Crippen LogP contribution in [0.15, 0.2) is 12.3 Å². The maximum Gasteiger partial charge on any atom is 0.319 e. The molecule has 1 aliphatic carbocycles. The third-order valence-electron chi connectivity index (χ3n) is 5.83. The van der Waals surface area contributed by atoms with Gasteiger partial charge >= 0.3 is 7.82 Å². The van der Waals surface area contributed by atoms with Gasteiger partial charge in [-0.1, -0.05) is 13.5 Å². The molecular formula is C21H39NO8P-. The van der Waals surface area contributed by atoms with Gasteiger partial charge in [0.15, 0.2) is 0 Å². The van der Waals surface area contributed by atoms with Crippen molar-refractivity contribution in [1.29, 1.82) is 0 Å². The largest absolute Gasteiger partial charge is 0.746 e. The van der Waals surface area contributed by atoms with E-state index >= 15 is 0 Å². The number of aliphatic hydroxyl groups excluding tert-OH is 1. The van der Waals surface area contributed by atoms with Crippen molar-refractivity contribution in [2.75, 3.05) is 13.2 Å². The van der Waals surface area contributed by atoms with Crippen LogP contribution in [0.5, 0.6) is 0 Å². The minimum absolute atomic E-state index is 0.0266. The molecule has 4 unspecified atom stereocenters. The molecule has 2 aliphatic rings. The second-order valence-corrected chi connectivity index (χ2v) is 10.6. The molecule has 1 saturated carbocycles. The Morgan fingerprint density at radius 1 is 1.29 bits per heavy atom. The summed E-state index contributed by atoms with van der Waals surface area (Å²) in [5, 5.41) is 10.6. The summed E-state index contributed by atoms with van der Waals surface area (Å²) in [5.74, 6) is -0.849. The Hall–Kier alpha value is -0.510. The van der Waals surface area contributed by atoms with E-state index in [0.29, 0.717) is 12.8 Å². The van der Waals surface area contributed by atoms with E-state index in [-0.39, 0.29) is 43.1 Å². The predicted molar refractivity (Wildman–Crippen MR) is 114 cm³/mol. The number of nitrogens with two attached hydrogens (primary N) is 1. The highest BCUT2D eigenvalue weighted by Crippen LogP contribution is 2.50. The molecule has 10 heteroatoms. The van der Waals surface area contributed by atoms with Gasteiger partial charge < -0.3 is 39.0 Å². The smallest absolute Gasteiger partial charge is 0.319 e. The van der Waals surface area contributed by atoms with Crippen molar-refractivity contribution in [3.8, 4) is 0 Å². The molecule has 0 aromatic carbocycles. The summed E-state index contributed by atoms with van der Waals surface area (Å²) in [6, 6.07) is 0. The highest BCUT2D eigenvalue weighted by atomic mass is 31.2. The van der Waals surface area contributed by atoms with E-state index in [1.54, 1.807) is 0 Å². The predicted octanol–water partition coefficient (Wildman–Crippen LogP) is 2.11. The first kappa shape index (κ1) is 26.7. The summed E-state index contributed by atoms with van der Waals surface area (Å²) >= 11 is 0. The first-order valence-electron chi connectivity index (χ1n) is 11.0. The number of phosphoric ester groups is 1. The lowest BCUT2D eigenvalue weighted by atomic mass is 9.97. The van der Waals surface area contributed by atoms with Gasteiger partial charge in [0.1, 0.15) is 17.5 Å². The molecule has 31 heavy (non-hydrogen) atoms. The Bertz CT molecular complexity index is 657. The number of rotatable bonds is 11. The Balaban J connectivity index is 2.11. The summed E-state index contributed by atoms with van der Waals surface area (Å²) in [7, 11) is -4.83. The summed E-state index contributed by atoms with van der Waals surface area (Å²) in [6.45, 7) is 15.1. The second kappa shape index (κ2) is 10.6. The maximum atomic E-state index is 12.8. The minimum atomic E-state index is -4.83. The zero-order valence-electron chi connectivity index (χ0n) is 19.5. The van der Waals surface area contributed by atoms with Crippen molar-refractivity contribution < 1.29 is 37.8 Å².